The molecule has 2 aliphatic rings. The van der Waals surface area contributed by atoms with Crippen molar-refractivity contribution in [2.24, 2.45) is 5.92 Å². The summed E-state index contributed by atoms with van der Waals surface area (Å²) in [4.78, 5) is 4.86. The number of rotatable bonds is 1. The fraction of sp³-hybridized carbons (Fsp3) is 0.500. The van der Waals surface area contributed by atoms with Gasteiger partial charge < -0.3 is 5.32 Å². The number of hydrogen-bond acceptors (Lipinski definition) is 2. The molecule has 26 heavy (non-hydrogen) atoms. The Kier molecular flexibility index (Phi) is 7.13. The molecule has 0 amide bonds. The van der Waals surface area contributed by atoms with E-state index in [-0.39, 0.29) is 0 Å². The van der Waals surface area contributed by atoms with Crippen molar-refractivity contribution in [2.45, 2.75) is 51.9 Å². The minimum Gasteiger partial charge on any atom is -0.317 e. The first-order valence-electron chi connectivity index (χ1n) is 9.77. The predicted octanol–water partition coefficient (Wildman–Crippen LogP) is 6.14. The zero-order valence-electron chi connectivity index (χ0n) is 15.7. The van der Waals surface area contributed by atoms with Gasteiger partial charge in [-0.3, -0.25) is 4.98 Å². The Morgan fingerprint density at radius 3 is 2.54 bits per heavy atom. The van der Waals surface area contributed by atoms with Gasteiger partial charge in [-0.25, -0.2) is 0 Å². The van der Waals surface area contributed by atoms with Gasteiger partial charge in [0, 0.05) is 21.6 Å². The second kappa shape index (κ2) is 9.34. The zero-order valence-corrected chi connectivity index (χ0v) is 18.0. The Morgan fingerprint density at radius 2 is 1.81 bits per heavy atom. The van der Waals surface area contributed by atoms with Crippen LogP contribution in [0.5, 0.6) is 0 Å². The first-order chi connectivity index (χ1) is 12.6. The lowest BCUT2D eigenvalue weighted by molar-refractivity contribution is 0.338. The summed E-state index contributed by atoms with van der Waals surface area (Å²) in [5, 5.41) is 4.33. The molecule has 2 heterocycles. The van der Waals surface area contributed by atoms with E-state index in [2.05, 4.69) is 53.3 Å². The SMILES string of the molecule is CCC.Clc1ccc2c(c1)CCc1cc(Br)cnc1C2C1CCNCC1. The van der Waals surface area contributed by atoms with E-state index >= 15 is 0 Å². The van der Waals surface area contributed by atoms with E-state index < -0.39 is 0 Å². The van der Waals surface area contributed by atoms with E-state index in [0.29, 0.717) is 11.8 Å². The average molecular weight is 436 g/mol. The summed E-state index contributed by atoms with van der Waals surface area (Å²) in [5.41, 5.74) is 5.50. The zero-order chi connectivity index (χ0) is 18.5. The molecule has 2 aromatic rings. The smallest absolute Gasteiger partial charge is 0.0514 e. The topological polar surface area (TPSA) is 24.9 Å². The summed E-state index contributed by atoms with van der Waals surface area (Å²) >= 11 is 9.85. The molecule has 140 valence electrons. The van der Waals surface area contributed by atoms with Crippen LogP contribution in [0.1, 0.15) is 61.4 Å². The fourth-order valence-electron chi connectivity index (χ4n) is 4.14. The molecule has 1 saturated heterocycles. The summed E-state index contributed by atoms with van der Waals surface area (Å²) in [6, 6.07) is 8.69. The van der Waals surface area contributed by atoms with Gasteiger partial charge in [0.15, 0.2) is 0 Å². The molecule has 0 spiro atoms. The molecule has 0 radical (unpaired) electrons. The maximum Gasteiger partial charge on any atom is 0.0514 e. The number of hydrogen-bond donors (Lipinski definition) is 1. The lowest BCUT2D eigenvalue weighted by Crippen LogP contribution is -2.31. The monoisotopic (exact) mass is 434 g/mol. The lowest BCUT2D eigenvalue weighted by atomic mass is 9.77. The summed E-state index contributed by atoms with van der Waals surface area (Å²) < 4.78 is 1.07. The first-order valence-corrected chi connectivity index (χ1v) is 10.9. The molecular formula is C22H28BrClN2. The summed E-state index contributed by atoms with van der Waals surface area (Å²) in [6.45, 7) is 6.46. The number of pyridine rings is 1. The average Bonchev–Trinajstić information content (AvgIpc) is 2.79. The number of nitrogens with zero attached hydrogens (tertiary/aromatic N) is 1. The first kappa shape index (κ1) is 19.9. The minimum absolute atomic E-state index is 0.398. The Balaban J connectivity index is 0.000000613. The van der Waals surface area contributed by atoms with Crippen LogP contribution in [0.3, 0.4) is 0 Å². The third-order valence-electron chi connectivity index (χ3n) is 5.22. The lowest BCUT2D eigenvalue weighted by Gasteiger charge is -2.32. The number of fused-ring (bicyclic) bond motifs is 2. The largest absolute Gasteiger partial charge is 0.317 e. The van der Waals surface area contributed by atoms with Crippen molar-refractivity contribution >= 4 is 27.5 Å². The van der Waals surface area contributed by atoms with Gasteiger partial charge in [0.1, 0.15) is 0 Å². The van der Waals surface area contributed by atoms with Gasteiger partial charge >= 0.3 is 0 Å². The molecule has 1 unspecified atom stereocenters. The fourth-order valence-corrected chi connectivity index (χ4v) is 4.71. The van der Waals surface area contributed by atoms with Crippen molar-refractivity contribution in [1.82, 2.24) is 10.3 Å². The quantitative estimate of drug-likeness (QED) is 0.581. The van der Waals surface area contributed by atoms with Crippen LogP contribution in [-0.4, -0.2) is 18.1 Å². The molecule has 4 heteroatoms. The van der Waals surface area contributed by atoms with Crippen LogP contribution in [-0.2, 0) is 12.8 Å². The molecule has 1 aliphatic carbocycles. The second-order valence-electron chi connectivity index (χ2n) is 7.31. The highest BCUT2D eigenvalue weighted by Crippen LogP contribution is 2.42. The van der Waals surface area contributed by atoms with Crippen molar-refractivity contribution in [2.75, 3.05) is 13.1 Å². The van der Waals surface area contributed by atoms with E-state index in [4.69, 9.17) is 16.6 Å². The molecule has 2 nitrogen and oxygen atoms in total. The maximum atomic E-state index is 6.27. The molecule has 1 fully saturated rings. The number of halogens is 2. The van der Waals surface area contributed by atoms with Crippen molar-refractivity contribution in [1.29, 1.82) is 0 Å². The van der Waals surface area contributed by atoms with E-state index in [1.165, 1.54) is 41.6 Å². The molecule has 1 aliphatic heterocycles. The third kappa shape index (κ3) is 4.49. The van der Waals surface area contributed by atoms with Gasteiger partial charge in [0.25, 0.3) is 0 Å². The molecule has 0 saturated carbocycles. The van der Waals surface area contributed by atoms with Gasteiger partial charge in [0.2, 0.25) is 0 Å². The second-order valence-corrected chi connectivity index (χ2v) is 8.67. The highest BCUT2D eigenvalue weighted by Gasteiger charge is 2.32. The highest BCUT2D eigenvalue weighted by molar-refractivity contribution is 9.10. The van der Waals surface area contributed by atoms with Crippen LogP contribution in [0, 0.1) is 5.92 Å². The van der Waals surface area contributed by atoms with Crippen LogP contribution in [0.4, 0.5) is 0 Å². The molecule has 4 rings (SSSR count). The minimum atomic E-state index is 0.398. The third-order valence-corrected chi connectivity index (χ3v) is 5.89. The van der Waals surface area contributed by atoms with Crippen molar-refractivity contribution < 1.29 is 0 Å². The molecule has 0 bridgehead atoms. The Morgan fingerprint density at radius 1 is 1.12 bits per heavy atom. The molecule has 1 N–H and O–H groups in total. The number of benzene rings is 1. The van der Waals surface area contributed by atoms with Gasteiger partial charge in [-0.05, 0) is 95.5 Å². The molecule has 1 aromatic heterocycles. The van der Waals surface area contributed by atoms with Gasteiger partial charge in [-0.1, -0.05) is 37.9 Å². The number of aryl methyl sites for hydroxylation is 2. The van der Waals surface area contributed by atoms with Crippen LogP contribution < -0.4 is 5.32 Å². The number of nitrogens with one attached hydrogen (secondary N) is 1. The molecular weight excluding hydrogens is 408 g/mol. The van der Waals surface area contributed by atoms with Gasteiger partial charge in [-0.2, -0.15) is 0 Å². The molecule has 1 aromatic carbocycles. The van der Waals surface area contributed by atoms with Crippen LogP contribution in [0.15, 0.2) is 34.9 Å². The van der Waals surface area contributed by atoms with Crippen LogP contribution >= 0.6 is 27.5 Å². The van der Waals surface area contributed by atoms with E-state index in [0.717, 1.165) is 35.4 Å². The van der Waals surface area contributed by atoms with E-state index in [9.17, 15) is 0 Å². The summed E-state index contributed by atoms with van der Waals surface area (Å²) in [5.74, 6) is 1.05. The van der Waals surface area contributed by atoms with Gasteiger partial charge in [-0.15, -0.1) is 0 Å². The van der Waals surface area contributed by atoms with Crippen molar-refractivity contribution in [3.05, 3.63) is 62.3 Å². The highest BCUT2D eigenvalue weighted by atomic mass is 79.9. The summed E-state index contributed by atoms with van der Waals surface area (Å²) in [6.07, 6.45) is 7.71. The van der Waals surface area contributed by atoms with Crippen LogP contribution in [0.25, 0.3) is 0 Å². The van der Waals surface area contributed by atoms with Crippen molar-refractivity contribution in [3.8, 4) is 0 Å². The predicted molar refractivity (Wildman–Crippen MR) is 114 cm³/mol. The van der Waals surface area contributed by atoms with Crippen LogP contribution in [0.2, 0.25) is 5.02 Å². The van der Waals surface area contributed by atoms with E-state index in [1.54, 1.807) is 0 Å². The van der Waals surface area contributed by atoms with Crippen molar-refractivity contribution in [3.63, 3.8) is 0 Å². The Hall–Kier alpha value is -0.900. The van der Waals surface area contributed by atoms with E-state index in [1.807, 2.05) is 12.3 Å². The van der Waals surface area contributed by atoms with Gasteiger partial charge in [0.05, 0.1) is 5.69 Å². The number of piperidine rings is 1. The standard InChI is InChI=1S/C19H20BrClN2.C3H8/c20-15-9-14-2-1-13-10-16(21)3-4-17(13)18(19(14)23-11-15)12-5-7-22-8-6-12;1-3-2/h3-4,9-12,18,22H,1-2,5-8H2;3H2,1-2H3. The summed E-state index contributed by atoms with van der Waals surface area (Å²) in [7, 11) is 0. The number of aromatic nitrogens is 1. The Labute approximate surface area is 170 Å². The molecule has 1 atom stereocenters. The maximum absolute atomic E-state index is 6.27. The Bertz CT molecular complexity index is 687. The normalized spacial score (nSPS) is 19.6.